The molecule has 0 spiro atoms. The van der Waals surface area contributed by atoms with Crippen LogP contribution in [0.5, 0.6) is 0 Å². The van der Waals surface area contributed by atoms with Crippen molar-refractivity contribution in [1.29, 1.82) is 0 Å². The Morgan fingerprint density at radius 3 is 2.30 bits per heavy atom. The van der Waals surface area contributed by atoms with Gasteiger partial charge in [-0.05, 0) is 19.8 Å². The standard InChI is InChI=1S/C13H22N2O5/c1-2-15(7-11(17)14-8-16)12(18)9-5-3-4-6-10(9)13(19)20/h9-10,16H,2-8H2,1H3,(H,14,17)(H,19,20)/t9-,10-/m1/s1. The van der Waals surface area contributed by atoms with Gasteiger partial charge in [0.05, 0.1) is 18.4 Å². The Bertz CT molecular complexity index is 372. The molecule has 0 radical (unpaired) electrons. The number of hydrogen-bond acceptors (Lipinski definition) is 4. The van der Waals surface area contributed by atoms with Crippen LogP contribution in [0.25, 0.3) is 0 Å². The fraction of sp³-hybridized carbons (Fsp3) is 0.769. The highest BCUT2D eigenvalue weighted by molar-refractivity contribution is 5.88. The minimum atomic E-state index is -0.945. The first-order chi connectivity index (χ1) is 9.51. The molecular formula is C13H22N2O5. The van der Waals surface area contributed by atoms with Crippen LogP contribution in [-0.4, -0.2) is 52.7 Å². The summed E-state index contributed by atoms with van der Waals surface area (Å²) in [7, 11) is 0. The lowest BCUT2D eigenvalue weighted by Crippen LogP contribution is -2.46. The molecule has 0 aromatic rings. The maximum absolute atomic E-state index is 12.4. The molecule has 1 rings (SSSR count). The number of likely N-dealkylation sites (N-methyl/N-ethyl adjacent to an activating group) is 1. The van der Waals surface area contributed by atoms with Crippen molar-refractivity contribution < 1.29 is 24.6 Å². The third-order valence-electron chi connectivity index (χ3n) is 3.70. The Morgan fingerprint density at radius 1 is 1.20 bits per heavy atom. The molecule has 0 aromatic heterocycles. The number of carboxylic acids is 1. The normalized spacial score (nSPS) is 22.1. The second kappa shape index (κ2) is 7.84. The van der Waals surface area contributed by atoms with E-state index in [4.69, 9.17) is 5.11 Å². The summed E-state index contributed by atoms with van der Waals surface area (Å²) in [6, 6.07) is 0. The van der Waals surface area contributed by atoms with Crippen LogP contribution in [0.15, 0.2) is 0 Å². The Balaban J connectivity index is 2.72. The first-order valence-electron chi connectivity index (χ1n) is 6.90. The summed E-state index contributed by atoms with van der Waals surface area (Å²) in [5.41, 5.74) is 0. The van der Waals surface area contributed by atoms with Crippen molar-refractivity contribution in [2.45, 2.75) is 32.6 Å². The van der Waals surface area contributed by atoms with E-state index in [1.54, 1.807) is 6.92 Å². The van der Waals surface area contributed by atoms with Gasteiger partial charge in [-0.25, -0.2) is 0 Å². The molecule has 1 fully saturated rings. The Kier molecular flexibility index (Phi) is 6.44. The van der Waals surface area contributed by atoms with Gasteiger partial charge in [-0.3, -0.25) is 14.4 Å². The number of aliphatic hydroxyl groups excluding tert-OH is 1. The molecule has 7 heteroatoms. The highest BCUT2D eigenvalue weighted by Gasteiger charge is 2.37. The van der Waals surface area contributed by atoms with Crippen LogP contribution in [0.4, 0.5) is 0 Å². The molecule has 1 saturated carbocycles. The van der Waals surface area contributed by atoms with Gasteiger partial charge in [0, 0.05) is 6.54 Å². The summed E-state index contributed by atoms with van der Waals surface area (Å²) in [5.74, 6) is -2.90. The van der Waals surface area contributed by atoms with Gasteiger partial charge in [0.25, 0.3) is 0 Å². The van der Waals surface area contributed by atoms with E-state index in [0.717, 1.165) is 12.8 Å². The summed E-state index contributed by atoms with van der Waals surface area (Å²) in [5, 5.41) is 20.0. The zero-order chi connectivity index (χ0) is 15.1. The quantitative estimate of drug-likeness (QED) is 0.586. The Morgan fingerprint density at radius 2 is 1.80 bits per heavy atom. The number of nitrogens with zero attached hydrogens (tertiary/aromatic N) is 1. The van der Waals surface area contributed by atoms with Crippen LogP contribution in [-0.2, 0) is 14.4 Å². The second-order valence-corrected chi connectivity index (χ2v) is 4.95. The van der Waals surface area contributed by atoms with Gasteiger partial charge in [0.15, 0.2) is 0 Å². The van der Waals surface area contributed by atoms with Crippen LogP contribution in [0, 0.1) is 11.8 Å². The van der Waals surface area contributed by atoms with Gasteiger partial charge < -0.3 is 20.4 Å². The van der Waals surface area contributed by atoms with E-state index in [2.05, 4.69) is 5.32 Å². The molecule has 3 N–H and O–H groups in total. The zero-order valence-corrected chi connectivity index (χ0v) is 11.7. The molecule has 0 aliphatic heterocycles. The summed E-state index contributed by atoms with van der Waals surface area (Å²) in [6.07, 6.45) is 2.71. The summed E-state index contributed by atoms with van der Waals surface area (Å²) in [4.78, 5) is 36.4. The van der Waals surface area contributed by atoms with Gasteiger partial charge in [0.1, 0.15) is 6.73 Å². The molecule has 0 saturated heterocycles. The first kappa shape index (κ1) is 16.4. The van der Waals surface area contributed by atoms with Crippen LogP contribution in [0.3, 0.4) is 0 Å². The largest absolute Gasteiger partial charge is 0.481 e. The number of rotatable bonds is 6. The predicted molar refractivity (Wildman–Crippen MR) is 70.6 cm³/mol. The van der Waals surface area contributed by atoms with Crippen LogP contribution in [0.2, 0.25) is 0 Å². The van der Waals surface area contributed by atoms with E-state index in [-0.39, 0.29) is 12.5 Å². The number of carboxylic acid groups (broad SMARTS) is 1. The molecule has 1 aliphatic rings. The van der Waals surface area contributed by atoms with Crippen molar-refractivity contribution in [1.82, 2.24) is 10.2 Å². The Hall–Kier alpha value is -1.63. The van der Waals surface area contributed by atoms with E-state index >= 15 is 0 Å². The fourth-order valence-corrected chi connectivity index (χ4v) is 2.62. The van der Waals surface area contributed by atoms with Crippen molar-refractivity contribution in [3.05, 3.63) is 0 Å². The molecule has 20 heavy (non-hydrogen) atoms. The lowest BCUT2D eigenvalue weighted by molar-refractivity contribution is -0.152. The van der Waals surface area contributed by atoms with Gasteiger partial charge in [0.2, 0.25) is 11.8 Å². The van der Waals surface area contributed by atoms with E-state index < -0.39 is 30.4 Å². The average Bonchev–Trinajstić information content (AvgIpc) is 2.44. The fourth-order valence-electron chi connectivity index (χ4n) is 2.62. The lowest BCUT2D eigenvalue weighted by atomic mass is 9.78. The molecule has 0 aromatic carbocycles. The number of carbonyl (C=O) groups excluding carboxylic acids is 2. The van der Waals surface area contributed by atoms with Crippen molar-refractivity contribution in [2.75, 3.05) is 19.8 Å². The molecule has 0 unspecified atom stereocenters. The van der Waals surface area contributed by atoms with E-state index in [9.17, 15) is 19.5 Å². The van der Waals surface area contributed by atoms with Gasteiger partial charge >= 0.3 is 5.97 Å². The average molecular weight is 286 g/mol. The van der Waals surface area contributed by atoms with E-state index in [0.29, 0.717) is 19.4 Å². The number of aliphatic carboxylic acids is 1. The zero-order valence-electron chi connectivity index (χ0n) is 11.7. The van der Waals surface area contributed by atoms with Crippen molar-refractivity contribution >= 4 is 17.8 Å². The van der Waals surface area contributed by atoms with Crippen molar-refractivity contribution in [3.63, 3.8) is 0 Å². The number of aliphatic hydroxyl groups is 1. The van der Waals surface area contributed by atoms with E-state index in [1.165, 1.54) is 4.90 Å². The van der Waals surface area contributed by atoms with Gasteiger partial charge in [-0.1, -0.05) is 12.8 Å². The first-order valence-corrected chi connectivity index (χ1v) is 6.90. The molecule has 2 amide bonds. The van der Waals surface area contributed by atoms with Gasteiger partial charge in [-0.2, -0.15) is 0 Å². The van der Waals surface area contributed by atoms with E-state index in [1.807, 2.05) is 0 Å². The van der Waals surface area contributed by atoms with Crippen LogP contribution in [0.1, 0.15) is 32.6 Å². The topological polar surface area (TPSA) is 107 Å². The molecular weight excluding hydrogens is 264 g/mol. The maximum Gasteiger partial charge on any atom is 0.307 e. The summed E-state index contributed by atoms with van der Waals surface area (Å²) in [6.45, 7) is 1.44. The lowest BCUT2D eigenvalue weighted by Gasteiger charge is -2.32. The molecule has 0 heterocycles. The maximum atomic E-state index is 12.4. The minimum Gasteiger partial charge on any atom is -0.481 e. The summed E-state index contributed by atoms with van der Waals surface area (Å²) < 4.78 is 0. The summed E-state index contributed by atoms with van der Waals surface area (Å²) >= 11 is 0. The van der Waals surface area contributed by atoms with Gasteiger partial charge in [-0.15, -0.1) is 0 Å². The highest BCUT2D eigenvalue weighted by Crippen LogP contribution is 2.31. The monoisotopic (exact) mass is 286 g/mol. The number of nitrogens with one attached hydrogen (secondary N) is 1. The predicted octanol–water partition coefficient (Wildman–Crippen LogP) is -0.208. The second-order valence-electron chi connectivity index (χ2n) is 4.95. The Labute approximate surface area is 117 Å². The third-order valence-corrected chi connectivity index (χ3v) is 3.70. The number of hydrogen-bond donors (Lipinski definition) is 3. The molecule has 1 aliphatic carbocycles. The molecule has 0 bridgehead atoms. The van der Waals surface area contributed by atoms with Crippen LogP contribution >= 0.6 is 0 Å². The number of amides is 2. The minimum absolute atomic E-state index is 0.154. The third kappa shape index (κ3) is 4.19. The molecule has 114 valence electrons. The SMILES string of the molecule is CCN(CC(=O)NCO)C(=O)[C@@H]1CCCC[C@H]1C(=O)O. The smallest absolute Gasteiger partial charge is 0.307 e. The molecule has 2 atom stereocenters. The van der Waals surface area contributed by atoms with Crippen LogP contribution < -0.4 is 5.32 Å². The molecule has 7 nitrogen and oxygen atoms in total. The number of carbonyl (C=O) groups is 3. The highest BCUT2D eigenvalue weighted by atomic mass is 16.4. The van der Waals surface area contributed by atoms with Crippen molar-refractivity contribution in [2.24, 2.45) is 11.8 Å². The van der Waals surface area contributed by atoms with Crippen molar-refractivity contribution in [3.8, 4) is 0 Å².